The van der Waals surface area contributed by atoms with Crippen molar-refractivity contribution in [3.8, 4) is 0 Å². The fourth-order valence-electron chi connectivity index (χ4n) is 2.01. The van der Waals surface area contributed by atoms with Gasteiger partial charge in [0.2, 0.25) is 5.13 Å². The van der Waals surface area contributed by atoms with Crippen LogP contribution >= 0.6 is 34.7 Å². The van der Waals surface area contributed by atoms with Crippen molar-refractivity contribution in [2.45, 2.75) is 23.9 Å². The monoisotopic (exact) mass is 380 g/mol. The molecule has 0 aliphatic carbocycles. The molecule has 0 saturated carbocycles. The van der Waals surface area contributed by atoms with Crippen LogP contribution < -0.4 is 5.32 Å². The molecule has 0 fully saturated rings. The van der Waals surface area contributed by atoms with Gasteiger partial charge < -0.3 is 4.52 Å². The first-order valence-corrected chi connectivity index (χ1v) is 9.16. The number of amides is 1. The van der Waals surface area contributed by atoms with Gasteiger partial charge >= 0.3 is 0 Å². The Hall–Kier alpha value is -1.90. The number of aromatic nitrogens is 3. The van der Waals surface area contributed by atoms with Crippen LogP contribution in [0.3, 0.4) is 0 Å². The van der Waals surface area contributed by atoms with E-state index in [0.717, 1.165) is 15.7 Å². The molecule has 3 aromatic rings. The number of nitrogens with one attached hydrogen (secondary N) is 1. The summed E-state index contributed by atoms with van der Waals surface area (Å²) in [4.78, 5) is 12.2. The number of hydrogen-bond donors (Lipinski definition) is 1. The summed E-state index contributed by atoms with van der Waals surface area (Å²) < 4.78 is 5.78. The van der Waals surface area contributed by atoms with Crippen molar-refractivity contribution in [2.75, 3.05) is 5.32 Å². The average Bonchev–Trinajstić information content (AvgIpc) is 3.13. The summed E-state index contributed by atoms with van der Waals surface area (Å²) in [5.41, 5.74) is 2.12. The molecule has 0 unspecified atom stereocenters. The number of thioether (sulfide) groups is 1. The zero-order valence-corrected chi connectivity index (χ0v) is 15.3. The van der Waals surface area contributed by atoms with Crippen LogP contribution in [-0.2, 0) is 5.75 Å². The lowest BCUT2D eigenvalue weighted by Gasteiger charge is -1.99. The molecule has 0 aliphatic rings. The molecule has 2 heterocycles. The number of carbonyl (C=O) groups excluding carboxylic acids is 1. The molecule has 0 atom stereocenters. The number of aryl methyl sites for hydroxylation is 2. The van der Waals surface area contributed by atoms with E-state index >= 15 is 0 Å². The van der Waals surface area contributed by atoms with E-state index < -0.39 is 0 Å². The molecule has 0 bridgehead atoms. The van der Waals surface area contributed by atoms with Crippen molar-refractivity contribution >= 4 is 45.7 Å². The third kappa shape index (κ3) is 3.95. The maximum Gasteiger partial charge on any atom is 0.263 e. The molecule has 6 nitrogen and oxygen atoms in total. The molecule has 124 valence electrons. The second-order valence-electron chi connectivity index (χ2n) is 4.94. The first-order chi connectivity index (χ1) is 11.5. The van der Waals surface area contributed by atoms with Gasteiger partial charge in [-0.1, -0.05) is 52.0 Å². The lowest BCUT2D eigenvalue weighted by Crippen LogP contribution is -2.13. The van der Waals surface area contributed by atoms with Crippen LogP contribution in [0.1, 0.15) is 27.4 Å². The fraction of sp³-hybridized carbons (Fsp3) is 0.200. The largest absolute Gasteiger partial charge is 0.361 e. The first kappa shape index (κ1) is 16.9. The average molecular weight is 381 g/mol. The number of rotatable bonds is 5. The van der Waals surface area contributed by atoms with E-state index in [1.54, 1.807) is 25.6 Å². The van der Waals surface area contributed by atoms with Crippen LogP contribution in [0, 0.1) is 13.8 Å². The van der Waals surface area contributed by atoms with Crippen molar-refractivity contribution in [2.24, 2.45) is 0 Å². The predicted octanol–water partition coefficient (Wildman–Crippen LogP) is 4.34. The Bertz CT molecular complexity index is 841. The van der Waals surface area contributed by atoms with Gasteiger partial charge in [0.1, 0.15) is 11.3 Å². The molecule has 1 amide bonds. The minimum absolute atomic E-state index is 0.295. The van der Waals surface area contributed by atoms with Gasteiger partial charge in [0.05, 0.1) is 5.69 Å². The highest BCUT2D eigenvalue weighted by Gasteiger charge is 2.19. The van der Waals surface area contributed by atoms with E-state index in [9.17, 15) is 4.79 Å². The molecule has 1 aromatic carbocycles. The van der Waals surface area contributed by atoms with Crippen molar-refractivity contribution in [3.63, 3.8) is 0 Å². The Balaban J connectivity index is 1.61. The summed E-state index contributed by atoms with van der Waals surface area (Å²) in [7, 11) is 0. The van der Waals surface area contributed by atoms with Crippen molar-refractivity contribution in [1.82, 2.24) is 15.4 Å². The third-order valence-electron chi connectivity index (χ3n) is 3.16. The molecular weight excluding hydrogens is 368 g/mol. The fourth-order valence-corrected chi connectivity index (χ4v) is 3.84. The summed E-state index contributed by atoms with van der Waals surface area (Å²) in [6.45, 7) is 3.42. The van der Waals surface area contributed by atoms with Gasteiger partial charge in [-0.15, -0.1) is 10.2 Å². The predicted molar refractivity (Wildman–Crippen MR) is 94.9 cm³/mol. The van der Waals surface area contributed by atoms with Gasteiger partial charge in [-0.3, -0.25) is 10.1 Å². The summed E-state index contributed by atoms with van der Waals surface area (Å²) >= 11 is 8.74. The lowest BCUT2D eigenvalue weighted by molar-refractivity contribution is 0.102. The molecule has 0 aliphatic heterocycles. The molecular formula is C15H13ClN4O2S2. The summed E-state index contributed by atoms with van der Waals surface area (Å²) in [6, 6.07) is 7.65. The van der Waals surface area contributed by atoms with Crippen LogP contribution in [0.15, 0.2) is 33.1 Å². The molecule has 1 N–H and O–H groups in total. The SMILES string of the molecule is Cc1noc(C)c1C(=O)Nc1nnc(SCc2ccc(Cl)cc2)s1. The molecule has 24 heavy (non-hydrogen) atoms. The molecule has 0 radical (unpaired) electrons. The van der Waals surface area contributed by atoms with Crippen LogP contribution in [0.25, 0.3) is 0 Å². The molecule has 0 saturated heterocycles. The normalized spacial score (nSPS) is 10.8. The van der Waals surface area contributed by atoms with Gasteiger partial charge in [-0.25, -0.2) is 0 Å². The van der Waals surface area contributed by atoms with E-state index in [1.807, 2.05) is 24.3 Å². The van der Waals surface area contributed by atoms with E-state index in [2.05, 4.69) is 20.7 Å². The van der Waals surface area contributed by atoms with Gasteiger partial charge in [-0.2, -0.15) is 0 Å². The van der Waals surface area contributed by atoms with E-state index in [0.29, 0.717) is 27.2 Å². The topological polar surface area (TPSA) is 80.9 Å². The highest BCUT2D eigenvalue weighted by atomic mass is 35.5. The zero-order valence-electron chi connectivity index (χ0n) is 12.9. The lowest BCUT2D eigenvalue weighted by atomic mass is 10.2. The van der Waals surface area contributed by atoms with Crippen LogP contribution in [0.2, 0.25) is 5.02 Å². The first-order valence-electron chi connectivity index (χ1n) is 6.98. The van der Waals surface area contributed by atoms with Crippen molar-refractivity contribution in [1.29, 1.82) is 0 Å². The summed E-state index contributed by atoms with van der Waals surface area (Å²) in [5, 5.41) is 15.7. The summed E-state index contributed by atoms with van der Waals surface area (Å²) in [6.07, 6.45) is 0. The van der Waals surface area contributed by atoms with E-state index in [-0.39, 0.29) is 5.91 Å². The Morgan fingerprint density at radius 1 is 1.29 bits per heavy atom. The van der Waals surface area contributed by atoms with E-state index in [1.165, 1.54) is 11.3 Å². The van der Waals surface area contributed by atoms with Crippen molar-refractivity contribution in [3.05, 3.63) is 51.9 Å². The highest BCUT2D eigenvalue weighted by Crippen LogP contribution is 2.29. The Labute approximate surface area is 151 Å². The molecule has 9 heteroatoms. The Morgan fingerprint density at radius 3 is 2.71 bits per heavy atom. The quantitative estimate of drug-likeness (QED) is 0.523. The number of nitrogens with zero attached hydrogens (tertiary/aromatic N) is 3. The Morgan fingerprint density at radius 2 is 2.04 bits per heavy atom. The number of halogens is 1. The highest BCUT2D eigenvalue weighted by molar-refractivity contribution is 8.00. The summed E-state index contributed by atoms with van der Waals surface area (Å²) in [5.74, 6) is 0.937. The Kier molecular flexibility index (Phi) is 5.17. The molecule has 2 aromatic heterocycles. The van der Waals surface area contributed by atoms with Gasteiger partial charge in [-0.05, 0) is 31.5 Å². The van der Waals surface area contributed by atoms with Gasteiger partial charge in [0.15, 0.2) is 4.34 Å². The van der Waals surface area contributed by atoms with E-state index in [4.69, 9.17) is 16.1 Å². The second kappa shape index (κ2) is 7.33. The van der Waals surface area contributed by atoms with Crippen molar-refractivity contribution < 1.29 is 9.32 Å². The van der Waals surface area contributed by atoms with Gasteiger partial charge in [0.25, 0.3) is 5.91 Å². The number of benzene rings is 1. The maximum absolute atomic E-state index is 12.2. The number of anilines is 1. The minimum Gasteiger partial charge on any atom is -0.361 e. The molecule has 0 spiro atoms. The molecule has 3 rings (SSSR count). The maximum atomic E-state index is 12.2. The third-order valence-corrected chi connectivity index (χ3v) is 5.46. The van der Waals surface area contributed by atoms with Crippen LogP contribution in [-0.4, -0.2) is 21.3 Å². The van der Waals surface area contributed by atoms with Crippen LogP contribution in [0.5, 0.6) is 0 Å². The zero-order chi connectivity index (χ0) is 17.1. The number of hydrogen-bond acceptors (Lipinski definition) is 7. The second-order valence-corrected chi connectivity index (χ2v) is 7.58. The number of carbonyl (C=O) groups is 1. The minimum atomic E-state index is -0.295. The van der Waals surface area contributed by atoms with Crippen LogP contribution in [0.4, 0.5) is 5.13 Å². The standard InChI is InChI=1S/C15H13ClN4O2S2/c1-8-12(9(2)22-20-8)13(21)17-14-18-19-15(24-14)23-7-10-3-5-11(16)6-4-10/h3-6H,7H2,1-2H3,(H,17,18,21). The smallest absolute Gasteiger partial charge is 0.263 e. The van der Waals surface area contributed by atoms with Gasteiger partial charge in [0, 0.05) is 10.8 Å².